The van der Waals surface area contributed by atoms with Crippen LogP contribution >= 0.6 is 0 Å². The minimum Gasteiger partial charge on any atom is -0.479 e. The van der Waals surface area contributed by atoms with Gasteiger partial charge in [-0.3, -0.25) is 14.5 Å². The van der Waals surface area contributed by atoms with E-state index in [1.165, 1.54) is 4.90 Å². The average molecular weight is 319 g/mol. The Kier molecular flexibility index (Phi) is 5.98. The zero-order valence-electron chi connectivity index (χ0n) is 13.7. The van der Waals surface area contributed by atoms with E-state index in [-0.39, 0.29) is 24.4 Å². The number of nitrogens with one attached hydrogen (secondary N) is 1. The van der Waals surface area contributed by atoms with E-state index in [0.29, 0.717) is 18.0 Å². The third-order valence-electron chi connectivity index (χ3n) is 3.93. The quantitative estimate of drug-likeness (QED) is 0.796. The fourth-order valence-corrected chi connectivity index (χ4v) is 2.64. The number of unbranched alkanes of at least 4 members (excludes halogenated alkanes) is 1. The van der Waals surface area contributed by atoms with Gasteiger partial charge in [0.25, 0.3) is 5.91 Å². The number of nitrogens with two attached hydrogens (primary N) is 1. The van der Waals surface area contributed by atoms with Crippen molar-refractivity contribution < 1.29 is 14.3 Å². The summed E-state index contributed by atoms with van der Waals surface area (Å²) in [6.45, 7) is 4.16. The van der Waals surface area contributed by atoms with Gasteiger partial charge in [-0.2, -0.15) is 0 Å². The molecule has 126 valence electrons. The third-order valence-corrected chi connectivity index (χ3v) is 3.93. The summed E-state index contributed by atoms with van der Waals surface area (Å²) in [7, 11) is 0. The van der Waals surface area contributed by atoms with Crippen LogP contribution < -0.4 is 20.7 Å². The fourth-order valence-electron chi connectivity index (χ4n) is 2.64. The summed E-state index contributed by atoms with van der Waals surface area (Å²) in [5, 5.41) is 2.92. The van der Waals surface area contributed by atoms with Crippen molar-refractivity contribution in [1.82, 2.24) is 5.32 Å². The molecule has 1 aliphatic heterocycles. The summed E-state index contributed by atoms with van der Waals surface area (Å²) in [6.07, 6.45) is 2.32. The maximum absolute atomic E-state index is 12.3. The monoisotopic (exact) mass is 319 g/mol. The summed E-state index contributed by atoms with van der Waals surface area (Å²) in [5.74, 6) is 0.208. The lowest BCUT2D eigenvalue weighted by molar-refractivity contribution is -0.128. The molecular formula is C17H25N3O3. The molecule has 1 aliphatic rings. The molecule has 23 heavy (non-hydrogen) atoms. The van der Waals surface area contributed by atoms with Crippen LogP contribution in [0.25, 0.3) is 0 Å². The number of ether oxygens (including phenoxy) is 1. The first kappa shape index (κ1) is 17.3. The molecule has 1 aromatic rings. The Bertz CT molecular complexity index is 562. The van der Waals surface area contributed by atoms with Gasteiger partial charge in [0.1, 0.15) is 12.3 Å². The SMILES string of the molecule is CCCCC(CN)NC(=O)CN1C(=O)C(C)Oc2ccccc21. The fraction of sp³-hybridized carbons (Fsp3) is 0.529. The van der Waals surface area contributed by atoms with Crippen molar-refractivity contribution in [2.45, 2.75) is 45.3 Å². The number of hydrogen-bond acceptors (Lipinski definition) is 4. The number of carbonyl (C=O) groups excluding carboxylic acids is 2. The minimum atomic E-state index is -0.594. The van der Waals surface area contributed by atoms with E-state index >= 15 is 0 Å². The highest BCUT2D eigenvalue weighted by Gasteiger charge is 2.32. The van der Waals surface area contributed by atoms with Gasteiger partial charge in [-0.05, 0) is 25.5 Å². The Balaban J connectivity index is 2.06. The largest absolute Gasteiger partial charge is 0.479 e. The van der Waals surface area contributed by atoms with Gasteiger partial charge in [-0.1, -0.05) is 31.9 Å². The molecule has 0 aliphatic carbocycles. The first-order valence-electron chi connectivity index (χ1n) is 8.13. The van der Waals surface area contributed by atoms with Crippen LogP contribution in [0.3, 0.4) is 0 Å². The highest BCUT2D eigenvalue weighted by atomic mass is 16.5. The first-order chi connectivity index (χ1) is 11.1. The second kappa shape index (κ2) is 7.97. The Morgan fingerprint density at radius 1 is 1.43 bits per heavy atom. The Labute approximate surface area is 137 Å². The normalized spacial score (nSPS) is 18.1. The Hall–Kier alpha value is -2.08. The maximum atomic E-state index is 12.3. The van der Waals surface area contributed by atoms with Gasteiger partial charge < -0.3 is 15.8 Å². The lowest BCUT2D eigenvalue weighted by Crippen LogP contribution is -2.51. The summed E-state index contributed by atoms with van der Waals surface area (Å²) >= 11 is 0. The summed E-state index contributed by atoms with van der Waals surface area (Å²) in [4.78, 5) is 26.1. The first-order valence-corrected chi connectivity index (χ1v) is 8.13. The molecule has 2 unspecified atom stereocenters. The summed E-state index contributed by atoms with van der Waals surface area (Å²) in [5.41, 5.74) is 6.33. The second-order valence-electron chi connectivity index (χ2n) is 5.79. The molecule has 1 aromatic carbocycles. The maximum Gasteiger partial charge on any atom is 0.268 e. The molecular weight excluding hydrogens is 294 g/mol. The van der Waals surface area contributed by atoms with Crippen molar-refractivity contribution in [3.8, 4) is 5.75 Å². The van der Waals surface area contributed by atoms with Crippen LogP contribution in [0.1, 0.15) is 33.1 Å². The number of hydrogen-bond donors (Lipinski definition) is 2. The number of nitrogens with zero attached hydrogens (tertiary/aromatic N) is 1. The van der Waals surface area contributed by atoms with Crippen LogP contribution in [0.4, 0.5) is 5.69 Å². The Morgan fingerprint density at radius 2 is 2.17 bits per heavy atom. The highest BCUT2D eigenvalue weighted by Crippen LogP contribution is 2.33. The molecule has 2 amide bonds. The van der Waals surface area contributed by atoms with Crippen molar-refractivity contribution in [2.24, 2.45) is 5.73 Å². The molecule has 6 heteroatoms. The van der Waals surface area contributed by atoms with Crippen molar-refractivity contribution >= 4 is 17.5 Å². The molecule has 0 spiro atoms. The zero-order chi connectivity index (χ0) is 16.8. The molecule has 0 fully saturated rings. The number of fused-ring (bicyclic) bond motifs is 1. The molecule has 2 atom stereocenters. The van der Waals surface area contributed by atoms with Gasteiger partial charge in [-0.25, -0.2) is 0 Å². The standard InChI is InChI=1S/C17H25N3O3/c1-3-4-7-13(10-18)19-16(21)11-20-14-8-5-6-9-15(14)23-12(2)17(20)22/h5-6,8-9,12-13H,3-4,7,10-11,18H2,1-2H3,(H,19,21). The van der Waals surface area contributed by atoms with E-state index in [1.807, 2.05) is 12.1 Å². The number of benzene rings is 1. The second-order valence-corrected chi connectivity index (χ2v) is 5.79. The third kappa shape index (κ3) is 4.22. The van der Waals surface area contributed by atoms with E-state index < -0.39 is 6.10 Å². The van der Waals surface area contributed by atoms with Gasteiger partial charge in [0.05, 0.1) is 5.69 Å². The van der Waals surface area contributed by atoms with E-state index in [4.69, 9.17) is 10.5 Å². The number of anilines is 1. The average Bonchev–Trinajstić information content (AvgIpc) is 2.55. The van der Waals surface area contributed by atoms with Crippen LogP contribution in [-0.4, -0.2) is 37.0 Å². The van der Waals surface area contributed by atoms with Crippen molar-refractivity contribution in [3.63, 3.8) is 0 Å². The van der Waals surface area contributed by atoms with E-state index in [1.54, 1.807) is 19.1 Å². The molecule has 6 nitrogen and oxygen atoms in total. The molecule has 0 aromatic heterocycles. The van der Waals surface area contributed by atoms with Gasteiger partial charge >= 0.3 is 0 Å². The van der Waals surface area contributed by atoms with Crippen LogP contribution in [0, 0.1) is 0 Å². The number of para-hydroxylation sites is 2. The smallest absolute Gasteiger partial charge is 0.268 e. The van der Waals surface area contributed by atoms with E-state index in [9.17, 15) is 9.59 Å². The van der Waals surface area contributed by atoms with Crippen LogP contribution in [-0.2, 0) is 9.59 Å². The van der Waals surface area contributed by atoms with Crippen molar-refractivity contribution in [2.75, 3.05) is 18.0 Å². The molecule has 0 saturated heterocycles. The predicted molar refractivity (Wildman–Crippen MR) is 89.4 cm³/mol. The van der Waals surface area contributed by atoms with Crippen LogP contribution in [0.5, 0.6) is 5.75 Å². The van der Waals surface area contributed by atoms with Gasteiger partial charge in [0.15, 0.2) is 6.10 Å². The Morgan fingerprint density at radius 3 is 2.87 bits per heavy atom. The van der Waals surface area contributed by atoms with E-state index in [0.717, 1.165) is 19.3 Å². The number of amides is 2. The van der Waals surface area contributed by atoms with Crippen molar-refractivity contribution in [3.05, 3.63) is 24.3 Å². The lowest BCUT2D eigenvalue weighted by Gasteiger charge is -2.32. The van der Waals surface area contributed by atoms with E-state index in [2.05, 4.69) is 12.2 Å². The lowest BCUT2D eigenvalue weighted by atomic mass is 10.1. The van der Waals surface area contributed by atoms with Gasteiger partial charge in [-0.15, -0.1) is 0 Å². The molecule has 0 radical (unpaired) electrons. The van der Waals surface area contributed by atoms with Crippen LogP contribution in [0.15, 0.2) is 24.3 Å². The molecule has 2 rings (SSSR count). The molecule has 1 heterocycles. The summed E-state index contributed by atoms with van der Waals surface area (Å²) in [6, 6.07) is 7.19. The number of rotatable bonds is 7. The molecule has 0 saturated carbocycles. The molecule has 0 bridgehead atoms. The molecule has 3 N–H and O–H groups in total. The van der Waals surface area contributed by atoms with Gasteiger partial charge in [0, 0.05) is 12.6 Å². The predicted octanol–water partition coefficient (Wildman–Crippen LogP) is 1.43. The van der Waals surface area contributed by atoms with Gasteiger partial charge in [0.2, 0.25) is 5.91 Å². The zero-order valence-corrected chi connectivity index (χ0v) is 13.7. The topological polar surface area (TPSA) is 84.7 Å². The number of carbonyl (C=O) groups is 2. The summed E-state index contributed by atoms with van der Waals surface area (Å²) < 4.78 is 5.57. The highest BCUT2D eigenvalue weighted by molar-refractivity contribution is 6.03. The minimum absolute atomic E-state index is 0.0217. The van der Waals surface area contributed by atoms with Crippen molar-refractivity contribution in [1.29, 1.82) is 0 Å². The van der Waals surface area contributed by atoms with Crippen LogP contribution in [0.2, 0.25) is 0 Å².